The largest absolute Gasteiger partial charge is 0.345 e. The number of aromatic nitrogens is 4. The summed E-state index contributed by atoms with van der Waals surface area (Å²) in [5, 5.41) is 4.04. The van der Waals surface area contributed by atoms with Gasteiger partial charge in [0.2, 0.25) is 0 Å². The number of nitrogens with zero attached hydrogens (tertiary/aromatic N) is 3. The molecule has 4 nitrogen and oxygen atoms in total. The van der Waals surface area contributed by atoms with E-state index in [1.165, 1.54) is 0 Å². The van der Waals surface area contributed by atoms with Gasteiger partial charge in [-0.1, -0.05) is 6.58 Å². The smallest absolute Gasteiger partial charge is 0.0924 e. The molecule has 2 aromatic heterocycles. The fourth-order valence-corrected chi connectivity index (χ4v) is 0.991. The van der Waals surface area contributed by atoms with E-state index in [-0.39, 0.29) is 0 Å². The van der Waals surface area contributed by atoms with Gasteiger partial charge in [0.1, 0.15) is 0 Å². The van der Waals surface area contributed by atoms with Crippen molar-refractivity contribution in [2.24, 2.45) is 0 Å². The Morgan fingerprint density at radius 1 is 1.50 bits per heavy atom. The zero-order chi connectivity index (χ0) is 8.39. The molecule has 0 unspecified atom stereocenters. The second-order valence-corrected chi connectivity index (χ2v) is 2.36. The van der Waals surface area contributed by atoms with Crippen molar-refractivity contribution in [2.75, 3.05) is 0 Å². The molecule has 0 aliphatic rings. The average Bonchev–Trinajstić information content (AvgIpc) is 2.75. The molecule has 4 heteroatoms. The van der Waals surface area contributed by atoms with Gasteiger partial charge in [0.15, 0.2) is 0 Å². The Balaban J connectivity index is 2.41. The van der Waals surface area contributed by atoms with Gasteiger partial charge in [0.05, 0.1) is 24.4 Å². The number of rotatable bonds is 2. The summed E-state index contributed by atoms with van der Waals surface area (Å²) in [6.45, 7) is 3.60. The van der Waals surface area contributed by atoms with Crippen molar-refractivity contribution in [1.29, 1.82) is 0 Å². The van der Waals surface area contributed by atoms with Crippen molar-refractivity contribution in [3.63, 3.8) is 0 Å². The van der Waals surface area contributed by atoms with Gasteiger partial charge >= 0.3 is 0 Å². The summed E-state index contributed by atoms with van der Waals surface area (Å²) in [5.74, 6) is 0. The third-order valence-corrected chi connectivity index (χ3v) is 1.60. The highest BCUT2D eigenvalue weighted by atomic mass is 15.2. The average molecular weight is 160 g/mol. The highest BCUT2D eigenvalue weighted by Gasteiger charge is 1.99. The van der Waals surface area contributed by atoms with Gasteiger partial charge in [-0.15, -0.1) is 0 Å². The van der Waals surface area contributed by atoms with Crippen molar-refractivity contribution in [2.45, 2.75) is 0 Å². The minimum Gasteiger partial charge on any atom is -0.345 e. The summed E-state index contributed by atoms with van der Waals surface area (Å²) < 4.78 is 1.65. The van der Waals surface area contributed by atoms with E-state index in [1.807, 2.05) is 6.20 Å². The summed E-state index contributed by atoms with van der Waals surface area (Å²) in [6, 6.07) is 0. The van der Waals surface area contributed by atoms with E-state index in [1.54, 1.807) is 29.6 Å². The molecule has 0 saturated carbocycles. The fourth-order valence-electron chi connectivity index (χ4n) is 0.991. The van der Waals surface area contributed by atoms with E-state index in [0.29, 0.717) is 0 Å². The molecular formula is C8H8N4. The Kier molecular flexibility index (Phi) is 1.51. The monoisotopic (exact) mass is 160 g/mol. The number of nitrogens with one attached hydrogen (secondary N) is 1. The zero-order valence-corrected chi connectivity index (χ0v) is 6.44. The van der Waals surface area contributed by atoms with Crippen molar-refractivity contribution in [3.8, 4) is 11.3 Å². The molecule has 0 radical (unpaired) electrons. The zero-order valence-electron chi connectivity index (χ0n) is 6.44. The normalized spacial score (nSPS) is 10.0. The van der Waals surface area contributed by atoms with Gasteiger partial charge in [0, 0.05) is 18.0 Å². The van der Waals surface area contributed by atoms with Crippen molar-refractivity contribution in [1.82, 2.24) is 19.7 Å². The lowest BCUT2D eigenvalue weighted by molar-refractivity contribution is 0.937. The Labute approximate surface area is 69.6 Å². The summed E-state index contributed by atoms with van der Waals surface area (Å²) in [4.78, 5) is 6.91. The first-order valence-electron chi connectivity index (χ1n) is 3.55. The molecule has 2 rings (SSSR count). The third kappa shape index (κ3) is 1.03. The molecule has 12 heavy (non-hydrogen) atoms. The molecule has 0 spiro atoms. The van der Waals surface area contributed by atoms with Gasteiger partial charge in [-0.05, 0) is 0 Å². The lowest BCUT2D eigenvalue weighted by Gasteiger charge is -1.87. The molecule has 0 fully saturated rings. The maximum Gasteiger partial charge on any atom is 0.0924 e. The molecule has 0 amide bonds. The standard InChI is InChI=1S/C8H8N4/c1-2-12-5-7(3-11-12)8-4-9-6-10-8/h2-6H,1H2,(H,9,10). The summed E-state index contributed by atoms with van der Waals surface area (Å²) >= 11 is 0. The van der Waals surface area contributed by atoms with Gasteiger partial charge in [-0.3, -0.25) is 0 Å². The molecule has 2 aromatic rings. The van der Waals surface area contributed by atoms with Crippen LogP contribution >= 0.6 is 0 Å². The van der Waals surface area contributed by atoms with Gasteiger partial charge < -0.3 is 4.98 Å². The van der Waals surface area contributed by atoms with Crippen molar-refractivity contribution < 1.29 is 0 Å². The van der Waals surface area contributed by atoms with Crippen LogP contribution in [-0.2, 0) is 0 Å². The van der Waals surface area contributed by atoms with Crippen LogP contribution in [0.25, 0.3) is 17.5 Å². The SMILES string of the molecule is C=Cn1cc(-c2cnc[nH]2)cn1. The Morgan fingerprint density at radius 3 is 3.00 bits per heavy atom. The van der Waals surface area contributed by atoms with Gasteiger partial charge in [-0.2, -0.15) is 5.10 Å². The highest BCUT2D eigenvalue weighted by Crippen LogP contribution is 2.13. The number of aromatic amines is 1. The quantitative estimate of drug-likeness (QED) is 0.721. The predicted octanol–water partition coefficient (Wildman–Crippen LogP) is 1.37. The van der Waals surface area contributed by atoms with E-state index in [9.17, 15) is 0 Å². The molecule has 0 bridgehead atoms. The Hall–Kier alpha value is -1.84. The topological polar surface area (TPSA) is 46.5 Å². The van der Waals surface area contributed by atoms with E-state index < -0.39 is 0 Å². The molecular weight excluding hydrogens is 152 g/mol. The van der Waals surface area contributed by atoms with Crippen LogP contribution in [0.5, 0.6) is 0 Å². The Morgan fingerprint density at radius 2 is 2.42 bits per heavy atom. The molecule has 0 aliphatic carbocycles. The number of imidazole rings is 1. The highest BCUT2D eigenvalue weighted by molar-refractivity contribution is 5.56. The summed E-state index contributed by atoms with van der Waals surface area (Å²) in [5.41, 5.74) is 1.97. The first kappa shape index (κ1) is 6.84. The summed E-state index contributed by atoms with van der Waals surface area (Å²) in [6.07, 6.45) is 8.67. The van der Waals surface area contributed by atoms with Crippen molar-refractivity contribution in [3.05, 3.63) is 31.5 Å². The van der Waals surface area contributed by atoms with Gasteiger partial charge in [-0.25, -0.2) is 9.67 Å². The number of hydrogen-bond acceptors (Lipinski definition) is 2. The molecule has 0 aliphatic heterocycles. The lowest BCUT2D eigenvalue weighted by Crippen LogP contribution is -1.81. The first-order valence-corrected chi connectivity index (χ1v) is 3.55. The van der Waals surface area contributed by atoms with Crippen LogP contribution in [-0.4, -0.2) is 19.7 Å². The van der Waals surface area contributed by atoms with Crippen LogP contribution < -0.4 is 0 Å². The molecule has 0 aromatic carbocycles. The molecule has 2 heterocycles. The van der Waals surface area contributed by atoms with Gasteiger partial charge in [0.25, 0.3) is 0 Å². The van der Waals surface area contributed by atoms with E-state index in [0.717, 1.165) is 11.3 Å². The maximum atomic E-state index is 4.04. The molecule has 60 valence electrons. The van der Waals surface area contributed by atoms with Crippen LogP contribution in [0.1, 0.15) is 0 Å². The Bertz CT molecular complexity index is 371. The number of H-pyrrole nitrogens is 1. The van der Waals surface area contributed by atoms with Crippen LogP contribution in [0.3, 0.4) is 0 Å². The fraction of sp³-hybridized carbons (Fsp3) is 0. The molecule has 1 N–H and O–H groups in total. The molecule has 0 atom stereocenters. The maximum absolute atomic E-state index is 4.04. The van der Waals surface area contributed by atoms with E-state index >= 15 is 0 Å². The first-order chi connectivity index (χ1) is 5.90. The lowest BCUT2D eigenvalue weighted by atomic mass is 10.3. The van der Waals surface area contributed by atoms with E-state index in [4.69, 9.17) is 0 Å². The second-order valence-electron chi connectivity index (χ2n) is 2.36. The second kappa shape index (κ2) is 2.65. The minimum atomic E-state index is 0.961. The van der Waals surface area contributed by atoms with Crippen LogP contribution in [0.4, 0.5) is 0 Å². The molecule has 0 saturated heterocycles. The van der Waals surface area contributed by atoms with E-state index in [2.05, 4.69) is 21.6 Å². The third-order valence-electron chi connectivity index (χ3n) is 1.60. The summed E-state index contributed by atoms with van der Waals surface area (Å²) in [7, 11) is 0. The van der Waals surface area contributed by atoms with Crippen LogP contribution in [0, 0.1) is 0 Å². The van der Waals surface area contributed by atoms with Crippen LogP contribution in [0.2, 0.25) is 0 Å². The number of hydrogen-bond donors (Lipinski definition) is 1. The van der Waals surface area contributed by atoms with Crippen LogP contribution in [0.15, 0.2) is 31.5 Å². The predicted molar refractivity (Wildman–Crippen MR) is 46.2 cm³/mol. The van der Waals surface area contributed by atoms with Crippen molar-refractivity contribution >= 4 is 6.20 Å². The minimum absolute atomic E-state index is 0.961.